The van der Waals surface area contributed by atoms with Crippen LogP contribution in [0.25, 0.3) is 0 Å². The fourth-order valence-corrected chi connectivity index (χ4v) is 1.73. The molecule has 21 heavy (non-hydrogen) atoms. The predicted molar refractivity (Wildman–Crippen MR) is 78.5 cm³/mol. The second-order valence-electron chi connectivity index (χ2n) is 4.21. The van der Waals surface area contributed by atoms with Crippen molar-refractivity contribution in [3.8, 4) is 5.75 Å². The lowest BCUT2D eigenvalue weighted by molar-refractivity contribution is -0.384. The van der Waals surface area contributed by atoms with Crippen molar-refractivity contribution in [1.82, 2.24) is 0 Å². The Hall–Kier alpha value is -3.09. The maximum atomic E-state index is 12.0. The molecule has 0 aromatic heterocycles. The molecular formula is C14H13N3O4. The summed E-state index contributed by atoms with van der Waals surface area (Å²) < 4.78 is 5.06. The van der Waals surface area contributed by atoms with Crippen LogP contribution in [-0.4, -0.2) is 17.9 Å². The maximum absolute atomic E-state index is 12.0. The van der Waals surface area contributed by atoms with E-state index in [1.165, 1.54) is 31.4 Å². The van der Waals surface area contributed by atoms with Crippen LogP contribution in [0.2, 0.25) is 0 Å². The van der Waals surface area contributed by atoms with E-state index < -0.39 is 4.92 Å². The quantitative estimate of drug-likeness (QED) is 0.510. The van der Waals surface area contributed by atoms with Crippen LogP contribution in [0, 0.1) is 10.1 Å². The van der Waals surface area contributed by atoms with Gasteiger partial charge in [-0.05, 0) is 24.3 Å². The lowest BCUT2D eigenvalue weighted by atomic mass is 10.2. The van der Waals surface area contributed by atoms with Crippen LogP contribution < -0.4 is 15.8 Å². The molecule has 0 bridgehead atoms. The van der Waals surface area contributed by atoms with Gasteiger partial charge in [-0.3, -0.25) is 14.9 Å². The topological polar surface area (TPSA) is 107 Å². The smallest absolute Gasteiger partial charge is 0.269 e. The van der Waals surface area contributed by atoms with Crippen LogP contribution in [0.1, 0.15) is 10.4 Å². The van der Waals surface area contributed by atoms with Crippen molar-refractivity contribution in [2.75, 3.05) is 18.2 Å². The molecule has 2 aromatic carbocycles. The van der Waals surface area contributed by atoms with Gasteiger partial charge in [0, 0.05) is 29.4 Å². The second-order valence-corrected chi connectivity index (χ2v) is 4.21. The summed E-state index contributed by atoms with van der Waals surface area (Å²) in [5.74, 6) is 0.0771. The highest BCUT2D eigenvalue weighted by molar-refractivity contribution is 6.04. The van der Waals surface area contributed by atoms with Crippen molar-refractivity contribution in [3.63, 3.8) is 0 Å². The molecule has 7 heteroatoms. The number of amides is 1. The average molecular weight is 287 g/mol. The van der Waals surface area contributed by atoms with E-state index in [2.05, 4.69) is 5.32 Å². The molecule has 2 rings (SSSR count). The van der Waals surface area contributed by atoms with Gasteiger partial charge in [-0.15, -0.1) is 0 Å². The summed E-state index contributed by atoms with van der Waals surface area (Å²) in [4.78, 5) is 22.1. The molecule has 7 nitrogen and oxygen atoms in total. The average Bonchev–Trinajstić information content (AvgIpc) is 2.49. The van der Waals surface area contributed by atoms with E-state index in [0.29, 0.717) is 22.7 Å². The summed E-state index contributed by atoms with van der Waals surface area (Å²) in [6.45, 7) is 0. The van der Waals surface area contributed by atoms with Crippen molar-refractivity contribution in [3.05, 3.63) is 58.1 Å². The van der Waals surface area contributed by atoms with E-state index in [4.69, 9.17) is 10.5 Å². The Morgan fingerprint density at radius 1 is 1.24 bits per heavy atom. The molecule has 0 heterocycles. The van der Waals surface area contributed by atoms with Gasteiger partial charge in [0.1, 0.15) is 5.75 Å². The van der Waals surface area contributed by atoms with Crippen molar-refractivity contribution in [1.29, 1.82) is 0 Å². The Bertz CT molecular complexity index is 683. The number of anilines is 2. The number of carbonyl (C=O) groups excluding carboxylic acids is 1. The summed E-state index contributed by atoms with van der Waals surface area (Å²) in [5.41, 5.74) is 6.91. The molecule has 0 aliphatic rings. The number of hydrogen-bond acceptors (Lipinski definition) is 5. The van der Waals surface area contributed by atoms with Crippen molar-refractivity contribution in [2.24, 2.45) is 0 Å². The van der Waals surface area contributed by atoms with Crippen LogP contribution in [0.4, 0.5) is 17.1 Å². The normalized spacial score (nSPS) is 9.95. The number of nitrogens with zero attached hydrogens (tertiary/aromatic N) is 1. The minimum atomic E-state index is -0.521. The number of nitrogens with two attached hydrogens (primary N) is 1. The van der Waals surface area contributed by atoms with Crippen LogP contribution >= 0.6 is 0 Å². The summed E-state index contributed by atoms with van der Waals surface area (Å²) in [7, 11) is 1.48. The number of non-ortho nitro benzene ring substituents is 1. The largest absolute Gasteiger partial charge is 0.495 e. The third-order valence-corrected chi connectivity index (χ3v) is 2.83. The first-order valence-corrected chi connectivity index (χ1v) is 6.00. The van der Waals surface area contributed by atoms with Gasteiger partial charge in [0.25, 0.3) is 11.6 Å². The zero-order valence-corrected chi connectivity index (χ0v) is 11.2. The summed E-state index contributed by atoms with van der Waals surface area (Å²) in [6, 6.07) is 10.2. The van der Waals surface area contributed by atoms with Gasteiger partial charge in [0.15, 0.2) is 0 Å². The van der Waals surface area contributed by atoms with Gasteiger partial charge in [-0.2, -0.15) is 0 Å². The zero-order valence-electron chi connectivity index (χ0n) is 11.2. The standard InChI is InChI=1S/C14H13N3O4/c1-21-13-8-10(4-7-12(13)15)16-14(18)9-2-5-11(6-3-9)17(19)20/h2-8H,15H2,1H3,(H,16,18). The monoisotopic (exact) mass is 287 g/mol. The third kappa shape index (κ3) is 3.27. The first-order chi connectivity index (χ1) is 10.0. The van der Waals surface area contributed by atoms with Crippen LogP contribution in [0.5, 0.6) is 5.75 Å². The number of rotatable bonds is 4. The molecule has 0 unspecified atom stereocenters. The molecule has 0 radical (unpaired) electrons. The van der Waals surface area contributed by atoms with E-state index in [1.807, 2.05) is 0 Å². The summed E-state index contributed by atoms with van der Waals surface area (Å²) in [6.07, 6.45) is 0. The number of nitro benzene ring substituents is 1. The van der Waals surface area contributed by atoms with Gasteiger partial charge in [-0.1, -0.05) is 0 Å². The molecule has 1 amide bonds. The molecule has 0 saturated carbocycles. The number of methoxy groups -OCH3 is 1. The first kappa shape index (κ1) is 14.3. The zero-order chi connectivity index (χ0) is 15.4. The molecule has 0 atom stereocenters. The van der Waals surface area contributed by atoms with Gasteiger partial charge in [-0.25, -0.2) is 0 Å². The Kier molecular flexibility index (Phi) is 4.03. The van der Waals surface area contributed by atoms with Crippen LogP contribution in [0.15, 0.2) is 42.5 Å². The van der Waals surface area contributed by atoms with E-state index >= 15 is 0 Å². The van der Waals surface area contributed by atoms with E-state index in [-0.39, 0.29) is 11.6 Å². The molecule has 0 saturated heterocycles. The van der Waals surface area contributed by atoms with Crippen LogP contribution in [-0.2, 0) is 0 Å². The van der Waals surface area contributed by atoms with E-state index in [0.717, 1.165) is 0 Å². The highest BCUT2D eigenvalue weighted by Crippen LogP contribution is 2.25. The first-order valence-electron chi connectivity index (χ1n) is 6.00. The molecule has 2 aromatic rings. The maximum Gasteiger partial charge on any atom is 0.269 e. The number of nitro groups is 1. The van der Waals surface area contributed by atoms with Gasteiger partial charge < -0.3 is 15.8 Å². The molecule has 108 valence electrons. The van der Waals surface area contributed by atoms with Gasteiger partial charge in [0.2, 0.25) is 0 Å². The Morgan fingerprint density at radius 2 is 1.90 bits per heavy atom. The van der Waals surface area contributed by atoms with Gasteiger partial charge >= 0.3 is 0 Å². The molecule has 3 N–H and O–H groups in total. The lowest BCUT2D eigenvalue weighted by Gasteiger charge is -2.09. The number of nitrogens with one attached hydrogen (secondary N) is 1. The molecule has 0 aliphatic carbocycles. The molecular weight excluding hydrogens is 274 g/mol. The molecule has 0 spiro atoms. The Labute approximate surface area is 120 Å². The highest BCUT2D eigenvalue weighted by Gasteiger charge is 2.10. The van der Waals surface area contributed by atoms with Gasteiger partial charge in [0.05, 0.1) is 17.7 Å². The minimum Gasteiger partial charge on any atom is -0.495 e. The highest BCUT2D eigenvalue weighted by atomic mass is 16.6. The van der Waals surface area contributed by atoms with Crippen molar-refractivity contribution < 1.29 is 14.5 Å². The molecule has 0 fully saturated rings. The third-order valence-electron chi connectivity index (χ3n) is 2.83. The minimum absolute atomic E-state index is 0.0688. The Balaban J connectivity index is 2.15. The van der Waals surface area contributed by atoms with Crippen molar-refractivity contribution in [2.45, 2.75) is 0 Å². The SMILES string of the molecule is COc1cc(NC(=O)c2ccc([N+](=O)[O-])cc2)ccc1N. The fraction of sp³-hybridized carbons (Fsp3) is 0.0714. The number of hydrogen-bond donors (Lipinski definition) is 2. The second kappa shape index (κ2) is 5.91. The van der Waals surface area contributed by atoms with E-state index in [9.17, 15) is 14.9 Å². The summed E-state index contributed by atoms with van der Waals surface area (Å²) in [5, 5.41) is 13.2. The number of ether oxygens (including phenoxy) is 1. The fourth-order valence-electron chi connectivity index (χ4n) is 1.73. The molecule has 0 aliphatic heterocycles. The lowest BCUT2D eigenvalue weighted by Crippen LogP contribution is -2.12. The van der Waals surface area contributed by atoms with Crippen LogP contribution in [0.3, 0.4) is 0 Å². The van der Waals surface area contributed by atoms with Crippen molar-refractivity contribution >= 4 is 23.0 Å². The number of benzene rings is 2. The predicted octanol–water partition coefficient (Wildman–Crippen LogP) is 2.44. The summed E-state index contributed by atoms with van der Waals surface area (Å²) >= 11 is 0. The number of nitrogen functional groups attached to an aromatic ring is 1. The van der Waals surface area contributed by atoms with E-state index in [1.54, 1.807) is 18.2 Å². The Morgan fingerprint density at radius 3 is 2.48 bits per heavy atom. The number of carbonyl (C=O) groups is 1.